The molecule has 0 aliphatic rings. The minimum absolute atomic E-state index is 0.00728. The van der Waals surface area contributed by atoms with Gasteiger partial charge in [-0.1, -0.05) is 6.07 Å². The van der Waals surface area contributed by atoms with Crippen molar-refractivity contribution in [1.29, 1.82) is 16.2 Å². The third kappa shape index (κ3) is 2.83. The van der Waals surface area contributed by atoms with Crippen molar-refractivity contribution in [2.45, 2.75) is 13.3 Å². The smallest absolute Gasteiger partial charge is 0.148 e. The van der Waals surface area contributed by atoms with E-state index in [1.807, 2.05) is 0 Å². The zero-order valence-corrected chi connectivity index (χ0v) is 13.0. The molecule has 0 radical (unpaired) electrons. The highest BCUT2D eigenvalue weighted by Gasteiger charge is 2.12. The van der Waals surface area contributed by atoms with Crippen molar-refractivity contribution in [3.05, 3.63) is 65.2 Å². The molecule has 2 heterocycles. The van der Waals surface area contributed by atoms with Gasteiger partial charge in [0.15, 0.2) is 0 Å². The fourth-order valence-corrected chi connectivity index (χ4v) is 2.38. The van der Waals surface area contributed by atoms with Crippen LogP contribution in [-0.4, -0.2) is 26.3 Å². The molecule has 0 bridgehead atoms. The minimum Gasteiger partial charge on any atom is -0.303 e. The summed E-state index contributed by atoms with van der Waals surface area (Å²) in [6, 6.07) is 9.63. The lowest BCUT2D eigenvalue weighted by Crippen LogP contribution is -2.31. The van der Waals surface area contributed by atoms with E-state index in [0.717, 1.165) is 4.68 Å². The summed E-state index contributed by atoms with van der Waals surface area (Å²) >= 11 is 0. The summed E-state index contributed by atoms with van der Waals surface area (Å²) in [6.45, 7) is 1.58. The van der Waals surface area contributed by atoms with Crippen molar-refractivity contribution in [2.75, 3.05) is 0 Å². The Morgan fingerprint density at radius 2 is 1.96 bits per heavy atom. The van der Waals surface area contributed by atoms with Crippen LogP contribution >= 0.6 is 0 Å². The molecule has 0 saturated carbocycles. The van der Waals surface area contributed by atoms with Gasteiger partial charge in [-0.05, 0) is 42.8 Å². The molecule has 6 nitrogen and oxygen atoms in total. The zero-order chi connectivity index (χ0) is 17.3. The summed E-state index contributed by atoms with van der Waals surface area (Å²) in [5.74, 6) is -0.456. The number of nitrogens with zero attached hydrogens (tertiary/aromatic N) is 3. The van der Waals surface area contributed by atoms with E-state index in [1.54, 1.807) is 43.5 Å². The summed E-state index contributed by atoms with van der Waals surface area (Å²) in [7, 11) is 0. The maximum atomic E-state index is 14.6. The third-order valence-electron chi connectivity index (χ3n) is 3.63. The molecule has 0 aliphatic heterocycles. The standard InChI is InChI=1S/C17H15FN6/c1-10(19)13-6-7-15(20)24(23-13)16(21)9-11-4-5-14-12(17(11)18)3-2-8-22-14/h2-8,19-21H,9H2,1H3. The van der Waals surface area contributed by atoms with Gasteiger partial charge in [-0.3, -0.25) is 15.8 Å². The molecule has 7 heteroatoms. The molecule has 0 aliphatic carbocycles. The first-order chi connectivity index (χ1) is 11.5. The van der Waals surface area contributed by atoms with Gasteiger partial charge in [-0.2, -0.15) is 5.10 Å². The number of aromatic nitrogens is 3. The molecule has 120 valence electrons. The molecule has 0 atom stereocenters. The summed E-state index contributed by atoms with van der Waals surface area (Å²) in [5.41, 5.74) is 1.51. The van der Waals surface area contributed by atoms with Crippen LogP contribution in [-0.2, 0) is 6.42 Å². The van der Waals surface area contributed by atoms with Gasteiger partial charge in [-0.25, -0.2) is 9.07 Å². The number of benzene rings is 1. The monoisotopic (exact) mass is 322 g/mol. The van der Waals surface area contributed by atoms with E-state index in [1.165, 1.54) is 6.07 Å². The Labute approximate surface area is 137 Å². The topological polar surface area (TPSA) is 102 Å². The average molecular weight is 322 g/mol. The van der Waals surface area contributed by atoms with Crippen LogP contribution in [0, 0.1) is 22.0 Å². The maximum Gasteiger partial charge on any atom is 0.148 e. The van der Waals surface area contributed by atoms with Crippen LogP contribution in [0.5, 0.6) is 0 Å². The Kier molecular flexibility index (Phi) is 3.99. The van der Waals surface area contributed by atoms with E-state index < -0.39 is 5.82 Å². The van der Waals surface area contributed by atoms with Crippen LogP contribution in [0.3, 0.4) is 0 Å². The summed E-state index contributed by atoms with van der Waals surface area (Å²) < 4.78 is 15.7. The molecule has 0 saturated heterocycles. The fourth-order valence-electron chi connectivity index (χ4n) is 2.38. The first kappa shape index (κ1) is 15.7. The van der Waals surface area contributed by atoms with Gasteiger partial charge in [0, 0.05) is 18.0 Å². The molecule has 1 aromatic carbocycles. The second-order valence-corrected chi connectivity index (χ2v) is 5.37. The number of fused-ring (bicyclic) bond motifs is 1. The number of hydrogen-bond donors (Lipinski definition) is 3. The fraction of sp³-hybridized carbons (Fsp3) is 0.118. The summed E-state index contributed by atoms with van der Waals surface area (Å²) in [5, 5.41) is 28.2. The number of nitrogens with one attached hydrogen (secondary N) is 3. The van der Waals surface area contributed by atoms with Crippen LogP contribution in [0.4, 0.5) is 4.39 Å². The van der Waals surface area contributed by atoms with Crippen molar-refractivity contribution >= 4 is 22.5 Å². The van der Waals surface area contributed by atoms with Crippen LogP contribution in [0.25, 0.3) is 10.9 Å². The van der Waals surface area contributed by atoms with Gasteiger partial charge in [0.2, 0.25) is 0 Å². The molecule has 3 rings (SSSR count). The van der Waals surface area contributed by atoms with Crippen LogP contribution in [0.2, 0.25) is 0 Å². The van der Waals surface area contributed by atoms with E-state index in [0.29, 0.717) is 22.2 Å². The van der Waals surface area contributed by atoms with Crippen molar-refractivity contribution in [1.82, 2.24) is 14.8 Å². The first-order valence-corrected chi connectivity index (χ1v) is 7.28. The van der Waals surface area contributed by atoms with E-state index in [4.69, 9.17) is 16.2 Å². The SMILES string of the molecule is CC(=N)c1ccc(=N)n(C(=N)Cc2ccc3ncccc3c2F)n1. The highest BCUT2D eigenvalue weighted by atomic mass is 19.1. The van der Waals surface area contributed by atoms with E-state index in [-0.39, 0.29) is 23.5 Å². The largest absolute Gasteiger partial charge is 0.303 e. The van der Waals surface area contributed by atoms with Gasteiger partial charge in [0.05, 0.1) is 11.2 Å². The third-order valence-corrected chi connectivity index (χ3v) is 3.63. The number of hydrogen-bond acceptors (Lipinski definition) is 5. The molecule has 0 spiro atoms. The predicted molar refractivity (Wildman–Crippen MR) is 89.1 cm³/mol. The lowest BCUT2D eigenvalue weighted by molar-refractivity contribution is 0.626. The van der Waals surface area contributed by atoms with Crippen LogP contribution in [0.15, 0.2) is 42.6 Å². The van der Waals surface area contributed by atoms with Crippen molar-refractivity contribution < 1.29 is 4.39 Å². The van der Waals surface area contributed by atoms with Crippen molar-refractivity contribution in [3.63, 3.8) is 0 Å². The Balaban J connectivity index is 1.99. The predicted octanol–water partition coefficient (Wildman–Crippen LogP) is 2.51. The highest BCUT2D eigenvalue weighted by molar-refractivity contribution is 5.94. The van der Waals surface area contributed by atoms with Crippen LogP contribution < -0.4 is 5.49 Å². The van der Waals surface area contributed by atoms with Crippen molar-refractivity contribution in [3.8, 4) is 0 Å². The van der Waals surface area contributed by atoms with Gasteiger partial charge in [-0.15, -0.1) is 0 Å². The van der Waals surface area contributed by atoms with Gasteiger partial charge in [0.1, 0.15) is 22.8 Å². The molecule has 2 aromatic heterocycles. The molecule has 0 unspecified atom stereocenters. The second-order valence-electron chi connectivity index (χ2n) is 5.37. The van der Waals surface area contributed by atoms with Crippen molar-refractivity contribution in [2.24, 2.45) is 0 Å². The molecular weight excluding hydrogens is 307 g/mol. The summed E-state index contributed by atoms with van der Waals surface area (Å²) in [4.78, 5) is 4.10. The Morgan fingerprint density at radius 1 is 1.17 bits per heavy atom. The maximum absolute atomic E-state index is 14.6. The molecule has 3 N–H and O–H groups in total. The van der Waals surface area contributed by atoms with Gasteiger partial charge in [0.25, 0.3) is 0 Å². The summed E-state index contributed by atoms with van der Waals surface area (Å²) in [6.07, 6.45) is 1.58. The van der Waals surface area contributed by atoms with Gasteiger partial charge < -0.3 is 5.41 Å². The van der Waals surface area contributed by atoms with Gasteiger partial charge >= 0.3 is 0 Å². The molecule has 0 amide bonds. The second kappa shape index (κ2) is 6.11. The van der Waals surface area contributed by atoms with Crippen LogP contribution in [0.1, 0.15) is 18.2 Å². The molecule has 24 heavy (non-hydrogen) atoms. The number of rotatable bonds is 3. The first-order valence-electron chi connectivity index (χ1n) is 7.28. The lowest BCUT2D eigenvalue weighted by atomic mass is 10.1. The van der Waals surface area contributed by atoms with E-state index in [9.17, 15) is 4.39 Å². The molecule has 3 aromatic rings. The Bertz CT molecular complexity index is 1020. The Morgan fingerprint density at radius 3 is 2.71 bits per heavy atom. The Hall–Kier alpha value is -3.22. The van der Waals surface area contributed by atoms with E-state index in [2.05, 4.69) is 10.1 Å². The quantitative estimate of drug-likeness (QED) is 0.509. The van der Waals surface area contributed by atoms with E-state index >= 15 is 0 Å². The number of halogens is 1. The lowest BCUT2D eigenvalue weighted by Gasteiger charge is -2.10. The minimum atomic E-state index is -0.420. The average Bonchev–Trinajstić information content (AvgIpc) is 2.57. The molecule has 0 fully saturated rings. The highest BCUT2D eigenvalue weighted by Crippen LogP contribution is 2.19. The zero-order valence-electron chi connectivity index (χ0n) is 13.0. The molecular formula is C17H15FN6. The number of pyridine rings is 1. The normalized spacial score (nSPS) is 10.8.